The van der Waals surface area contributed by atoms with Gasteiger partial charge in [0, 0.05) is 30.0 Å². The molecule has 2 aromatic heterocycles. The van der Waals surface area contributed by atoms with Crippen molar-refractivity contribution in [3.63, 3.8) is 0 Å². The first kappa shape index (κ1) is 23.6. The van der Waals surface area contributed by atoms with E-state index in [0.29, 0.717) is 31.1 Å². The Morgan fingerprint density at radius 2 is 2.08 bits per heavy atom. The van der Waals surface area contributed by atoms with E-state index in [-0.39, 0.29) is 59.9 Å². The van der Waals surface area contributed by atoms with Crippen molar-refractivity contribution in [1.29, 1.82) is 5.26 Å². The van der Waals surface area contributed by atoms with Crippen LogP contribution in [0.3, 0.4) is 0 Å². The molecule has 4 aliphatic carbocycles. The fraction of sp³-hybridized carbons (Fsp3) is 0.600. The largest absolute Gasteiger partial charge is 0.488 e. The molecule has 1 aliphatic heterocycles. The van der Waals surface area contributed by atoms with Crippen molar-refractivity contribution in [2.75, 3.05) is 36.9 Å². The number of amides is 1. The molecule has 3 N–H and O–H groups in total. The Morgan fingerprint density at radius 1 is 1.27 bits per heavy atom. The van der Waals surface area contributed by atoms with Crippen LogP contribution < -0.4 is 25.4 Å². The Labute approximate surface area is 213 Å². The van der Waals surface area contributed by atoms with Gasteiger partial charge in [0.05, 0.1) is 37.9 Å². The van der Waals surface area contributed by atoms with Gasteiger partial charge in [-0.2, -0.15) is 15.2 Å². The highest BCUT2D eigenvalue weighted by Crippen LogP contribution is 2.57. The maximum atomic E-state index is 15.2. The van der Waals surface area contributed by atoms with Gasteiger partial charge in [-0.1, -0.05) is 0 Å². The van der Waals surface area contributed by atoms with Crippen LogP contribution in [0.5, 0.6) is 11.8 Å². The molecule has 37 heavy (non-hydrogen) atoms. The molecule has 1 amide bonds. The molecule has 7 rings (SSSR count). The van der Waals surface area contributed by atoms with Gasteiger partial charge < -0.3 is 25.4 Å². The first-order valence-electron chi connectivity index (χ1n) is 12.7. The molecule has 2 bridgehead atoms. The number of hydrogen-bond donors (Lipinski definition) is 2. The number of carbonyl (C=O) groups excluding carboxylic acids is 1. The molecule has 12 heteroatoms. The summed E-state index contributed by atoms with van der Waals surface area (Å²) in [6.45, 7) is 1.09. The van der Waals surface area contributed by atoms with E-state index in [9.17, 15) is 4.79 Å². The Balaban J connectivity index is 1.13. The van der Waals surface area contributed by atoms with Crippen LogP contribution in [0.15, 0.2) is 18.6 Å². The molecule has 0 aromatic carbocycles. The molecule has 0 unspecified atom stereocenters. The highest BCUT2D eigenvalue weighted by Gasteiger charge is 2.57. The molecule has 194 valence electrons. The number of piperidine rings is 1. The average molecular weight is 509 g/mol. The van der Waals surface area contributed by atoms with E-state index >= 15 is 4.39 Å². The van der Waals surface area contributed by atoms with Crippen LogP contribution in [-0.4, -0.2) is 63.9 Å². The summed E-state index contributed by atoms with van der Waals surface area (Å²) in [6, 6.07) is 3.91. The number of nitrogens with zero attached hydrogens (tertiary/aromatic N) is 6. The summed E-state index contributed by atoms with van der Waals surface area (Å²) >= 11 is 0. The van der Waals surface area contributed by atoms with Crippen LogP contribution in [-0.2, 0) is 0 Å². The van der Waals surface area contributed by atoms with Crippen molar-refractivity contribution in [1.82, 2.24) is 25.3 Å². The molecule has 2 aromatic rings. The van der Waals surface area contributed by atoms with E-state index in [1.165, 1.54) is 12.5 Å². The summed E-state index contributed by atoms with van der Waals surface area (Å²) in [5, 5.41) is 12.2. The van der Waals surface area contributed by atoms with Gasteiger partial charge in [0.2, 0.25) is 0 Å². The summed E-state index contributed by atoms with van der Waals surface area (Å²) in [7, 11) is 0. The highest BCUT2D eigenvalue weighted by atomic mass is 19.1. The minimum Gasteiger partial charge on any atom is -0.488 e. The van der Waals surface area contributed by atoms with Crippen molar-refractivity contribution in [3.05, 3.63) is 24.3 Å². The summed E-state index contributed by atoms with van der Waals surface area (Å²) in [5.74, 6) is 1.25. The summed E-state index contributed by atoms with van der Waals surface area (Å²) < 4.78 is 26.7. The van der Waals surface area contributed by atoms with Gasteiger partial charge in [0.15, 0.2) is 11.6 Å². The number of rotatable bonds is 9. The number of ether oxygens (including phenoxy) is 2. The number of nitrogens with one attached hydrogen (secondary N) is 1. The molecule has 3 heterocycles. The Bertz CT molecular complexity index is 1220. The molecule has 4 atom stereocenters. The molecular formula is C25H29FN8O3. The molecule has 0 spiro atoms. The zero-order valence-electron chi connectivity index (χ0n) is 20.3. The number of carbonyl (C=O) groups is 1. The van der Waals surface area contributed by atoms with E-state index in [1.807, 2.05) is 4.90 Å². The van der Waals surface area contributed by atoms with Gasteiger partial charge in [-0.3, -0.25) is 4.79 Å². The molecule has 4 saturated carbocycles. The van der Waals surface area contributed by atoms with Gasteiger partial charge in [-0.25, -0.2) is 14.4 Å². The number of nitriles is 1. The third-order valence-corrected chi connectivity index (χ3v) is 8.02. The first-order valence-corrected chi connectivity index (χ1v) is 12.7. The van der Waals surface area contributed by atoms with Gasteiger partial charge in [0.25, 0.3) is 5.91 Å². The summed E-state index contributed by atoms with van der Waals surface area (Å²) in [4.78, 5) is 31.5. The predicted octanol–water partition coefficient (Wildman–Crippen LogP) is 1.91. The maximum absolute atomic E-state index is 15.2. The fourth-order valence-electron chi connectivity index (χ4n) is 5.45. The number of nitrogens with two attached hydrogens (primary N) is 1. The monoisotopic (exact) mass is 508 g/mol. The second-order valence-electron chi connectivity index (χ2n) is 10.7. The molecule has 0 radical (unpaired) electrons. The van der Waals surface area contributed by atoms with Crippen molar-refractivity contribution in [3.8, 4) is 17.8 Å². The first-order chi connectivity index (χ1) is 17.9. The topological polar surface area (TPSA) is 152 Å². The minimum absolute atomic E-state index is 0.0124. The Morgan fingerprint density at radius 3 is 2.76 bits per heavy atom. The number of anilines is 2. The van der Waals surface area contributed by atoms with Crippen LogP contribution in [0.1, 0.15) is 42.6 Å². The molecule has 5 aliphatic rings. The van der Waals surface area contributed by atoms with Crippen molar-refractivity contribution >= 4 is 17.5 Å². The lowest BCUT2D eigenvalue weighted by Crippen LogP contribution is -2.68. The lowest BCUT2D eigenvalue weighted by molar-refractivity contribution is -0.0439. The number of alkyl halides is 1. The highest BCUT2D eigenvalue weighted by molar-refractivity contribution is 5.94. The van der Waals surface area contributed by atoms with Crippen LogP contribution >= 0.6 is 0 Å². The SMILES string of the molecule is N#C[C@@H]1C[C@@H]1COc1nc(C(=O)NC23CC(C2)C3)cc(N2CC[C@H](COc3cncnc3N)[C@H](F)C2)n1. The van der Waals surface area contributed by atoms with E-state index in [4.69, 9.17) is 20.5 Å². The molecule has 1 saturated heterocycles. The van der Waals surface area contributed by atoms with E-state index in [0.717, 1.165) is 31.6 Å². The van der Waals surface area contributed by atoms with Gasteiger partial charge in [-0.05, 0) is 38.0 Å². The lowest BCUT2D eigenvalue weighted by atomic mass is 9.50. The van der Waals surface area contributed by atoms with Crippen LogP contribution in [0.2, 0.25) is 0 Å². The quantitative estimate of drug-likeness (QED) is 0.514. The van der Waals surface area contributed by atoms with E-state index in [1.54, 1.807) is 6.07 Å². The average Bonchev–Trinajstić information content (AvgIpc) is 3.63. The lowest BCUT2D eigenvalue weighted by Gasteiger charge is -2.61. The number of nitrogen functional groups attached to an aromatic ring is 1. The third kappa shape index (κ3) is 4.82. The fourth-order valence-corrected chi connectivity index (χ4v) is 5.45. The second kappa shape index (κ2) is 9.28. The van der Waals surface area contributed by atoms with Crippen molar-refractivity contribution < 1.29 is 18.7 Å². The number of hydrogen-bond acceptors (Lipinski definition) is 10. The van der Waals surface area contributed by atoms with Gasteiger partial charge >= 0.3 is 6.01 Å². The standard InChI is InChI=1S/C25H29FN8O3/c26-18-10-34(2-1-15(18)11-36-20-9-29-13-30-22(20)28)21-4-19(23(35)33-25-5-14(6-25)7-25)31-24(32-21)37-12-17-3-16(17)8-27/h4,9,13-18H,1-3,5-7,10-12H2,(H,33,35)(H2,28,29,30)/t14?,15-,16+,17-,18-,25?/m1/s1. The summed E-state index contributed by atoms with van der Waals surface area (Å²) in [6.07, 6.45) is 5.95. The zero-order chi connectivity index (χ0) is 25.6. The second-order valence-corrected chi connectivity index (χ2v) is 10.7. The normalized spacial score (nSPS) is 31.4. The molecule has 11 nitrogen and oxygen atoms in total. The zero-order valence-corrected chi connectivity index (χ0v) is 20.3. The van der Waals surface area contributed by atoms with Gasteiger partial charge in [-0.15, -0.1) is 0 Å². The third-order valence-electron chi connectivity index (χ3n) is 8.02. The summed E-state index contributed by atoms with van der Waals surface area (Å²) in [5.41, 5.74) is 5.89. The number of aromatic nitrogens is 4. The minimum atomic E-state index is -1.18. The van der Waals surface area contributed by atoms with Crippen LogP contribution in [0.25, 0.3) is 0 Å². The molecular weight excluding hydrogens is 479 g/mol. The van der Waals surface area contributed by atoms with E-state index in [2.05, 4.69) is 31.3 Å². The van der Waals surface area contributed by atoms with Crippen molar-refractivity contribution in [2.45, 2.75) is 43.8 Å². The molecule has 5 fully saturated rings. The number of halogens is 1. The smallest absolute Gasteiger partial charge is 0.319 e. The Kier molecular flexibility index (Phi) is 5.93. The Hall–Kier alpha value is -3.75. The predicted molar refractivity (Wildman–Crippen MR) is 129 cm³/mol. The van der Waals surface area contributed by atoms with Crippen LogP contribution in [0, 0.1) is 35.0 Å². The van der Waals surface area contributed by atoms with Crippen molar-refractivity contribution in [2.24, 2.45) is 23.7 Å². The maximum Gasteiger partial charge on any atom is 0.319 e. The van der Waals surface area contributed by atoms with E-state index < -0.39 is 6.17 Å². The van der Waals surface area contributed by atoms with Crippen LogP contribution in [0.4, 0.5) is 16.0 Å². The van der Waals surface area contributed by atoms with Gasteiger partial charge in [0.1, 0.15) is 24.0 Å².